The molecule has 9 nitrogen and oxygen atoms in total. The maximum absolute atomic E-state index is 12.0. The molecule has 29 heavy (non-hydrogen) atoms. The van der Waals surface area contributed by atoms with Crippen LogP contribution >= 0.6 is 0 Å². The van der Waals surface area contributed by atoms with Crippen LogP contribution in [0.4, 0.5) is 16.2 Å². The lowest BCUT2D eigenvalue weighted by Gasteiger charge is -2.16. The molecule has 0 fully saturated rings. The zero-order valence-electron chi connectivity index (χ0n) is 16.0. The summed E-state index contributed by atoms with van der Waals surface area (Å²) in [7, 11) is 1.25. The highest BCUT2D eigenvalue weighted by Crippen LogP contribution is 2.15. The molecule has 0 radical (unpaired) electrons. The van der Waals surface area contributed by atoms with Gasteiger partial charge in [0.25, 0.3) is 5.69 Å². The molecular formula is C20H23N3O6. The van der Waals surface area contributed by atoms with Gasteiger partial charge in [-0.15, -0.1) is 0 Å². The van der Waals surface area contributed by atoms with E-state index >= 15 is 0 Å². The van der Waals surface area contributed by atoms with Crippen LogP contribution in [0.15, 0.2) is 54.6 Å². The summed E-state index contributed by atoms with van der Waals surface area (Å²) in [4.78, 5) is 34.1. The summed E-state index contributed by atoms with van der Waals surface area (Å²) in [5.41, 5.74) is 1.57. The van der Waals surface area contributed by atoms with Crippen molar-refractivity contribution >= 4 is 23.4 Å². The Morgan fingerprint density at radius 1 is 1.10 bits per heavy atom. The Hall–Kier alpha value is -3.62. The molecule has 2 aromatic rings. The number of nitrogens with one attached hydrogen (secondary N) is 2. The van der Waals surface area contributed by atoms with Gasteiger partial charge < -0.3 is 20.1 Å². The van der Waals surface area contributed by atoms with E-state index in [1.807, 2.05) is 30.3 Å². The maximum Gasteiger partial charge on any atom is 0.408 e. The van der Waals surface area contributed by atoms with Crippen molar-refractivity contribution in [1.82, 2.24) is 5.32 Å². The van der Waals surface area contributed by atoms with Crippen LogP contribution in [0.2, 0.25) is 0 Å². The number of ether oxygens (including phenoxy) is 2. The van der Waals surface area contributed by atoms with Gasteiger partial charge in [0.05, 0.1) is 12.0 Å². The molecule has 9 heteroatoms. The third-order valence-corrected chi connectivity index (χ3v) is 4.07. The minimum absolute atomic E-state index is 0.0134. The van der Waals surface area contributed by atoms with E-state index in [-0.39, 0.29) is 12.3 Å². The average Bonchev–Trinajstić information content (AvgIpc) is 2.74. The van der Waals surface area contributed by atoms with Crippen molar-refractivity contribution < 1.29 is 24.0 Å². The lowest BCUT2D eigenvalue weighted by Crippen LogP contribution is -2.42. The van der Waals surface area contributed by atoms with Crippen molar-refractivity contribution in [1.29, 1.82) is 0 Å². The molecule has 2 aromatic carbocycles. The van der Waals surface area contributed by atoms with E-state index < -0.39 is 23.0 Å². The van der Waals surface area contributed by atoms with Gasteiger partial charge in [-0.25, -0.2) is 9.59 Å². The number of alkyl carbamates (subject to hydrolysis) is 1. The van der Waals surface area contributed by atoms with Gasteiger partial charge in [0.15, 0.2) is 0 Å². The second-order valence-electron chi connectivity index (χ2n) is 6.15. The minimum atomic E-state index is -0.832. The quantitative estimate of drug-likeness (QED) is 0.271. The van der Waals surface area contributed by atoms with Gasteiger partial charge in [-0.1, -0.05) is 30.3 Å². The van der Waals surface area contributed by atoms with Crippen molar-refractivity contribution in [3.63, 3.8) is 0 Å². The number of nitro groups is 1. The Bertz CT molecular complexity index is 811. The fraction of sp³-hybridized carbons (Fsp3) is 0.300. The third-order valence-electron chi connectivity index (χ3n) is 4.07. The van der Waals surface area contributed by atoms with Crippen LogP contribution in [-0.2, 0) is 20.9 Å². The van der Waals surface area contributed by atoms with E-state index in [2.05, 4.69) is 10.6 Å². The Labute approximate surface area is 168 Å². The molecule has 0 heterocycles. The van der Waals surface area contributed by atoms with Gasteiger partial charge in [0, 0.05) is 24.4 Å². The maximum atomic E-state index is 12.0. The van der Waals surface area contributed by atoms with E-state index in [4.69, 9.17) is 9.47 Å². The predicted octanol–water partition coefficient (Wildman–Crippen LogP) is 3.25. The second kappa shape index (κ2) is 11.3. The smallest absolute Gasteiger partial charge is 0.408 e. The number of esters is 1. The summed E-state index contributed by atoms with van der Waals surface area (Å²) in [6.07, 6.45) is 0.190. The van der Waals surface area contributed by atoms with E-state index in [0.717, 1.165) is 11.3 Å². The zero-order valence-corrected chi connectivity index (χ0v) is 16.0. The number of methoxy groups -OCH3 is 1. The van der Waals surface area contributed by atoms with Crippen molar-refractivity contribution in [2.24, 2.45) is 0 Å². The summed E-state index contributed by atoms with van der Waals surface area (Å²) in [5.74, 6) is -0.558. The Kier molecular flexibility index (Phi) is 8.43. The number of carbonyl (C=O) groups is 2. The molecular weight excluding hydrogens is 378 g/mol. The first-order valence-corrected chi connectivity index (χ1v) is 9.03. The van der Waals surface area contributed by atoms with Crippen molar-refractivity contribution in [2.75, 3.05) is 19.0 Å². The van der Waals surface area contributed by atoms with E-state index in [9.17, 15) is 19.7 Å². The van der Waals surface area contributed by atoms with Crippen LogP contribution in [0.1, 0.15) is 18.4 Å². The Balaban J connectivity index is 1.76. The van der Waals surface area contributed by atoms with Crippen molar-refractivity contribution in [3.8, 4) is 0 Å². The number of hydrogen-bond donors (Lipinski definition) is 2. The Morgan fingerprint density at radius 2 is 1.79 bits per heavy atom. The van der Waals surface area contributed by atoms with Crippen LogP contribution in [0.3, 0.4) is 0 Å². The van der Waals surface area contributed by atoms with Crippen LogP contribution in [0.25, 0.3) is 0 Å². The lowest BCUT2D eigenvalue weighted by molar-refractivity contribution is -0.384. The first-order chi connectivity index (χ1) is 14.0. The fourth-order valence-corrected chi connectivity index (χ4v) is 2.54. The van der Waals surface area contributed by atoms with Gasteiger partial charge in [-0.05, 0) is 30.5 Å². The number of nitro benzene ring substituents is 1. The summed E-state index contributed by atoms with van der Waals surface area (Å²) >= 11 is 0. The van der Waals surface area contributed by atoms with Crippen LogP contribution in [0.5, 0.6) is 0 Å². The molecule has 0 bridgehead atoms. The summed E-state index contributed by atoms with van der Waals surface area (Å²) in [5, 5.41) is 16.3. The number of non-ortho nitro benzene ring substituents is 1. The molecule has 0 unspecified atom stereocenters. The van der Waals surface area contributed by atoms with E-state index in [1.54, 1.807) is 12.1 Å². The van der Waals surface area contributed by atoms with E-state index in [1.165, 1.54) is 19.2 Å². The molecule has 0 spiro atoms. The van der Waals surface area contributed by atoms with Crippen LogP contribution in [-0.4, -0.2) is 36.7 Å². The van der Waals surface area contributed by atoms with Gasteiger partial charge in [0.1, 0.15) is 12.6 Å². The highest BCUT2D eigenvalue weighted by Gasteiger charge is 2.21. The van der Waals surface area contributed by atoms with E-state index in [0.29, 0.717) is 19.4 Å². The number of amides is 1. The molecule has 0 aromatic heterocycles. The molecule has 0 aliphatic carbocycles. The number of anilines is 1. The van der Waals surface area contributed by atoms with Crippen LogP contribution < -0.4 is 10.6 Å². The second-order valence-corrected chi connectivity index (χ2v) is 6.15. The zero-order chi connectivity index (χ0) is 21.1. The summed E-state index contributed by atoms with van der Waals surface area (Å²) < 4.78 is 9.86. The summed E-state index contributed by atoms with van der Waals surface area (Å²) in [6, 6.07) is 14.4. The largest absolute Gasteiger partial charge is 0.467 e. The van der Waals surface area contributed by atoms with Gasteiger partial charge in [0.2, 0.25) is 0 Å². The molecule has 154 valence electrons. The van der Waals surface area contributed by atoms with Crippen molar-refractivity contribution in [3.05, 3.63) is 70.3 Å². The van der Waals surface area contributed by atoms with Crippen molar-refractivity contribution in [2.45, 2.75) is 25.5 Å². The lowest BCUT2D eigenvalue weighted by atomic mass is 10.1. The number of hydrogen-bond acceptors (Lipinski definition) is 7. The monoisotopic (exact) mass is 401 g/mol. The third kappa shape index (κ3) is 7.49. The molecule has 1 amide bonds. The molecule has 0 saturated carbocycles. The molecule has 2 N–H and O–H groups in total. The number of rotatable bonds is 10. The molecule has 0 saturated heterocycles. The minimum Gasteiger partial charge on any atom is -0.467 e. The Morgan fingerprint density at radius 3 is 2.41 bits per heavy atom. The number of nitrogens with zero attached hydrogens (tertiary/aromatic N) is 1. The normalized spacial score (nSPS) is 11.2. The molecule has 0 aliphatic heterocycles. The van der Waals surface area contributed by atoms with Gasteiger partial charge in [-0.3, -0.25) is 10.1 Å². The molecule has 1 atom stereocenters. The first-order valence-electron chi connectivity index (χ1n) is 9.03. The SMILES string of the molecule is COC(=O)[C@H](CCCNc1ccc([N+](=O)[O-])cc1)NC(=O)OCc1ccccc1. The number of carbonyl (C=O) groups excluding carboxylic acids is 2. The highest BCUT2D eigenvalue weighted by molar-refractivity contribution is 5.81. The standard InChI is InChI=1S/C20H23N3O6/c1-28-19(24)18(22-20(25)29-14-15-6-3-2-4-7-15)8-5-13-21-16-9-11-17(12-10-16)23(26)27/h2-4,6-7,9-12,18,21H,5,8,13-14H2,1H3,(H,22,25)/t18-/m0/s1. The predicted molar refractivity (Wildman–Crippen MR) is 106 cm³/mol. The summed E-state index contributed by atoms with van der Waals surface area (Å²) in [6.45, 7) is 0.605. The van der Waals surface area contributed by atoms with Gasteiger partial charge >= 0.3 is 12.1 Å². The average molecular weight is 401 g/mol. The fourth-order valence-electron chi connectivity index (χ4n) is 2.54. The van der Waals surface area contributed by atoms with Gasteiger partial charge in [-0.2, -0.15) is 0 Å². The topological polar surface area (TPSA) is 120 Å². The number of benzene rings is 2. The highest BCUT2D eigenvalue weighted by atomic mass is 16.6. The first kappa shape index (κ1) is 21.7. The van der Waals surface area contributed by atoms with Crippen LogP contribution in [0, 0.1) is 10.1 Å². The molecule has 2 rings (SSSR count). The molecule has 0 aliphatic rings.